The second kappa shape index (κ2) is 5.82. The molecule has 1 saturated heterocycles. The van der Waals surface area contributed by atoms with Gasteiger partial charge < -0.3 is 5.32 Å². The quantitative estimate of drug-likeness (QED) is 0.757. The Morgan fingerprint density at radius 3 is 2.78 bits per heavy atom. The van der Waals surface area contributed by atoms with Gasteiger partial charge in [0.25, 0.3) is 0 Å². The average Bonchev–Trinajstić information content (AvgIpc) is 2.90. The third-order valence-electron chi connectivity index (χ3n) is 4.82. The molecule has 0 bridgehead atoms. The second-order valence-electron chi connectivity index (χ2n) is 6.58. The molecule has 118 valence electrons. The van der Waals surface area contributed by atoms with Crippen molar-refractivity contribution in [1.29, 1.82) is 0 Å². The molecular formula is C20H23N3. The van der Waals surface area contributed by atoms with E-state index in [4.69, 9.17) is 4.98 Å². The lowest BCUT2D eigenvalue weighted by Crippen LogP contribution is -2.26. The van der Waals surface area contributed by atoms with E-state index in [-0.39, 0.29) is 0 Å². The number of nitrogens with one attached hydrogen (secondary N) is 1. The summed E-state index contributed by atoms with van der Waals surface area (Å²) in [6, 6.07) is 15.8. The van der Waals surface area contributed by atoms with Crippen molar-refractivity contribution in [1.82, 2.24) is 14.9 Å². The summed E-state index contributed by atoms with van der Waals surface area (Å²) >= 11 is 0. The Bertz CT molecular complexity index is 841. The number of rotatable bonds is 2. The summed E-state index contributed by atoms with van der Waals surface area (Å²) in [7, 11) is 0. The lowest BCUT2D eigenvalue weighted by Gasteiger charge is -2.23. The van der Waals surface area contributed by atoms with Crippen LogP contribution < -0.4 is 5.32 Å². The van der Waals surface area contributed by atoms with Crippen molar-refractivity contribution < 1.29 is 0 Å². The Morgan fingerprint density at radius 2 is 2.00 bits per heavy atom. The van der Waals surface area contributed by atoms with Crippen LogP contribution in [0.25, 0.3) is 16.7 Å². The van der Waals surface area contributed by atoms with Crippen LogP contribution in [0, 0.1) is 13.8 Å². The average molecular weight is 305 g/mol. The Labute approximate surface area is 137 Å². The fourth-order valence-corrected chi connectivity index (χ4v) is 3.66. The normalized spacial score (nSPS) is 18.4. The third-order valence-corrected chi connectivity index (χ3v) is 4.82. The van der Waals surface area contributed by atoms with Gasteiger partial charge in [-0.15, -0.1) is 0 Å². The zero-order chi connectivity index (χ0) is 15.8. The van der Waals surface area contributed by atoms with Crippen LogP contribution in [-0.4, -0.2) is 16.1 Å². The van der Waals surface area contributed by atoms with Gasteiger partial charge in [0.2, 0.25) is 0 Å². The lowest BCUT2D eigenvalue weighted by molar-refractivity contribution is 0.412. The molecule has 4 rings (SSSR count). The first-order valence-electron chi connectivity index (χ1n) is 8.52. The number of imidazole rings is 1. The number of aryl methyl sites for hydroxylation is 2. The number of benzene rings is 2. The van der Waals surface area contributed by atoms with Crippen molar-refractivity contribution in [3.63, 3.8) is 0 Å². The van der Waals surface area contributed by atoms with Crippen LogP contribution in [0.4, 0.5) is 0 Å². The molecule has 1 aliphatic rings. The van der Waals surface area contributed by atoms with Crippen LogP contribution >= 0.6 is 0 Å². The van der Waals surface area contributed by atoms with E-state index in [1.807, 2.05) is 0 Å². The molecule has 23 heavy (non-hydrogen) atoms. The molecule has 2 aromatic carbocycles. The molecular weight excluding hydrogens is 282 g/mol. The van der Waals surface area contributed by atoms with E-state index in [1.165, 1.54) is 41.6 Å². The fourth-order valence-electron chi connectivity index (χ4n) is 3.66. The maximum Gasteiger partial charge on any atom is 0.111 e. The minimum atomic E-state index is 0.484. The number of fused-ring (bicyclic) bond motifs is 1. The molecule has 1 unspecified atom stereocenters. The molecule has 1 aromatic heterocycles. The van der Waals surface area contributed by atoms with Gasteiger partial charge >= 0.3 is 0 Å². The molecule has 3 nitrogen and oxygen atoms in total. The molecule has 3 heteroatoms. The van der Waals surface area contributed by atoms with E-state index in [1.54, 1.807) is 0 Å². The zero-order valence-corrected chi connectivity index (χ0v) is 13.8. The van der Waals surface area contributed by atoms with Gasteiger partial charge in [0.15, 0.2) is 0 Å². The minimum absolute atomic E-state index is 0.484. The summed E-state index contributed by atoms with van der Waals surface area (Å²) in [6.45, 7) is 5.34. The van der Waals surface area contributed by atoms with Gasteiger partial charge in [-0.25, -0.2) is 4.98 Å². The summed E-state index contributed by atoms with van der Waals surface area (Å²) in [4.78, 5) is 4.81. The number of piperidine rings is 1. The second-order valence-corrected chi connectivity index (χ2v) is 6.58. The van der Waals surface area contributed by atoms with Crippen molar-refractivity contribution in [2.75, 3.05) is 6.54 Å². The van der Waals surface area contributed by atoms with Crippen molar-refractivity contribution in [3.8, 4) is 5.69 Å². The summed E-state index contributed by atoms with van der Waals surface area (Å²) in [5.74, 6) is 1.04. The van der Waals surface area contributed by atoms with E-state index in [2.05, 4.69) is 66.2 Å². The van der Waals surface area contributed by atoms with Crippen LogP contribution in [0.2, 0.25) is 0 Å². The minimum Gasteiger partial charge on any atom is -0.310 e. The van der Waals surface area contributed by atoms with Gasteiger partial charge in [-0.05, 0) is 68.6 Å². The Morgan fingerprint density at radius 1 is 1.09 bits per heavy atom. The number of hydrogen-bond acceptors (Lipinski definition) is 2. The van der Waals surface area contributed by atoms with E-state index >= 15 is 0 Å². The Balaban J connectivity index is 1.80. The Kier molecular flexibility index (Phi) is 3.66. The van der Waals surface area contributed by atoms with Crippen LogP contribution in [0.15, 0.2) is 42.5 Å². The molecule has 1 fully saturated rings. The highest BCUT2D eigenvalue weighted by Crippen LogP contribution is 2.28. The molecule has 0 saturated carbocycles. The predicted molar refractivity (Wildman–Crippen MR) is 95.1 cm³/mol. The van der Waals surface area contributed by atoms with Crippen molar-refractivity contribution >= 4 is 11.0 Å². The zero-order valence-electron chi connectivity index (χ0n) is 13.8. The van der Waals surface area contributed by atoms with Crippen LogP contribution in [0.3, 0.4) is 0 Å². The first-order chi connectivity index (χ1) is 11.2. The van der Waals surface area contributed by atoms with E-state index in [0.717, 1.165) is 17.9 Å². The maximum atomic E-state index is 4.81. The van der Waals surface area contributed by atoms with E-state index < -0.39 is 0 Å². The standard InChI is InChI=1S/C20H23N3/c1-14-6-5-7-17(12-14)23-15(2)22-19-13-16(9-10-20(19)23)18-8-3-4-11-21-18/h5-7,9-10,12-13,18,21H,3-4,8,11H2,1-2H3. The smallest absolute Gasteiger partial charge is 0.111 e. The molecule has 0 aliphatic carbocycles. The van der Waals surface area contributed by atoms with E-state index in [9.17, 15) is 0 Å². The van der Waals surface area contributed by atoms with Crippen molar-refractivity contribution in [2.24, 2.45) is 0 Å². The van der Waals surface area contributed by atoms with Gasteiger partial charge in [0, 0.05) is 11.7 Å². The summed E-state index contributed by atoms with van der Waals surface area (Å²) in [5, 5.41) is 3.63. The van der Waals surface area contributed by atoms with Gasteiger partial charge in [0.05, 0.1) is 11.0 Å². The fraction of sp³-hybridized carbons (Fsp3) is 0.350. The third kappa shape index (κ3) is 2.66. The summed E-state index contributed by atoms with van der Waals surface area (Å²) in [5.41, 5.74) is 6.10. The first-order valence-corrected chi connectivity index (χ1v) is 8.52. The van der Waals surface area contributed by atoms with Crippen molar-refractivity contribution in [3.05, 3.63) is 59.4 Å². The number of nitrogens with zero attached hydrogens (tertiary/aromatic N) is 2. The topological polar surface area (TPSA) is 29.9 Å². The highest BCUT2D eigenvalue weighted by atomic mass is 15.1. The molecule has 0 spiro atoms. The molecule has 2 heterocycles. The van der Waals surface area contributed by atoms with Crippen LogP contribution in [-0.2, 0) is 0 Å². The summed E-state index contributed by atoms with van der Waals surface area (Å²) < 4.78 is 2.25. The van der Waals surface area contributed by atoms with Crippen LogP contribution in [0.5, 0.6) is 0 Å². The van der Waals surface area contributed by atoms with Gasteiger partial charge in [-0.1, -0.05) is 24.6 Å². The van der Waals surface area contributed by atoms with Gasteiger partial charge in [-0.3, -0.25) is 4.57 Å². The Hall–Kier alpha value is -2.13. The molecule has 3 aromatic rings. The lowest BCUT2D eigenvalue weighted by atomic mass is 9.97. The predicted octanol–water partition coefficient (Wildman–Crippen LogP) is 4.46. The number of aromatic nitrogens is 2. The first kappa shape index (κ1) is 14.5. The molecule has 0 amide bonds. The molecule has 0 radical (unpaired) electrons. The maximum absolute atomic E-state index is 4.81. The largest absolute Gasteiger partial charge is 0.310 e. The number of hydrogen-bond donors (Lipinski definition) is 1. The molecule has 1 atom stereocenters. The molecule has 1 N–H and O–H groups in total. The van der Waals surface area contributed by atoms with E-state index in [0.29, 0.717) is 6.04 Å². The van der Waals surface area contributed by atoms with Crippen molar-refractivity contribution in [2.45, 2.75) is 39.2 Å². The van der Waals surface area contributed by atoms with Crippen LogP contribution in [0.1, 0.15) is 42.3 Å². The van der Waals surface area contributed by atoms with Gasteiger partial charge in [-0.2, -0.15) is 0 Å². The monoisotopic (exact) mass is 305 g/mol. The highest BCUT2D eigenvalue weighted by Gasteiger charge is 2.17. The molecule has 1 aliphatic heterocycles. The SMILES string of the molecule is Cc1cccc(-n2c(C)nc3cc(C4CCCCN4)ccc32)c1. The summed E-state index contributed by atoms with van der Waals surface area (Å²) in [6.07, 6.45) is 3.83. The highest BCUT2D eigenvalue weighted by molar-refractivity contribution is 5.79. The van der Waals surface area contributed by atoms with Gasteiger partial charge in [0.1, 0.15) is 5.82 Å².